The zero-order valence-corrected chi connectivity index (χ0v) is 13.8. The number of benzene rings is 1. The third-order valence-corrected chi connectivity index (χ3v) is 5.61. The molecule has 0 amide bonds. The highest BCUT2D eigenvalue weighted by molar-refractivity contribution is 6.42. The second-order valence-electron chi connectivity index (χ2n) is 5.40. The van der Waals surface area contributed by atoms with Crippen LogP contribution in [0.15, 0.2) is 23.2 Å². The number of rotatable bonds is 3. The molecule has 1 fully saturated rings. The van der Waals surface area contributed by atoms with E-state index >= 15 is 0 Å². The van der Waals surface area contributed by atoms with Gasteiger partial charge in [-0.2, -0.15) is 10.5 Å². The van der Waals surface area contributed by atoms with Crippen molar-refractivity contribution in [1.82, 2.24) is 0 Å². The predicted octanol–water partition coefficient (Wildman–Crippen LogP) is 2.43. The molecule has 0 spiro atoms. The summed E-state index contributed by atoms with van der Waals surface area (Å²) < 4.78 is 10.8. The first-order valence-electron chi connectivity index (χ1n) is 6.65. The van der Waals surface area contributed by atoms with Crippen molar-refractivity contribution in [1.29, 1.82) is 10.5 Å². The van der Waals surface area contributed by atoms with Crippen molar-refractivity contribution in [2.24, 2.45) is 21.6 Å². The average molecular weight is 351 g/mol. The van der Waals surface area contributed by atoms with Crippen LogP contribution in [0.25, 0.3) is 0 Å². The summed E-state index contributed by atoms with van der Waals surface area (Å²) in [5.74, 6) is -2.34. The van der Waals surface area contributed by atoms with Gasteiger partial charge in [0.1, 0.15) is 11.3 Å². The van der Waals surface area contributed by atoms with Crippen LogP contribution >= 0.6 is 23.2 Å². The molecule has 23 heavy (non-hydrogen) atoms. The number of nitriles is 2. The molecule has 0 saturated heterocycles. The molecule has 2 N–H and O–H groups in total. The van der Waals surface area contributed by atoms with Crippen LogP contribution < -0.4 is 5.73 Å². The van der Waals surface area contributed by atoms with Gasteiger partial charge in [-0.05, 0) is 11.6 Å². The van der Waals surface area contributed by atoms with Crippen molar-refractivity contribution in [3.63, 3.8) is 0 Å². The van der Waals surface area contributed by atoms with E-state index in [4.69, 9.17) is 38.4 Å². The van der Waals surface area contributed by atoms with Gasteiger partial charge in [-0.1, -0.05) is 35.3 Å². The van der Waals surface area contributed by atoms with E-state index < -0.39 is 22.7 Å². The quantitative estimate of drug-likeness (QED) is 0.842. The Morgan fingerprint density at radius 2 is 1.87 bits per heavy atom. The van der Waals surface area contributed by atoms with Crippen LogP contribution in [0.4, 0.5) is 0 Å². The van der Waals surface area contributed by atoms with E-state index in [-0.39, 0.29) is 10.9 Å². The molecule has 1 aliphatic carbocycles. The topological polar surface area (TPSA) is 104 Å². The predicted molar refractivity (Wildman–Crippen MR) is 83.7 cm³/mol. The Bertz CT molecular complexity index is 809. The molecule has 2 aliphatic rings. The van der Waals surface area contributed by atoms with Gasteiger partial charge in [0.25, 0.3) is 5.91 Å². The summed E-state index contributed by atoms with van der Waals surface area (Å²) in [5.41, 5.74) is 3.74. The summed E-state index contributed by atoms with van der Waals surface area (Å²) in [4.78, 5) is 4.13. The molecule has 8 heteroatoms. The minimum atomic E-state index is -1.67. The lowest BCUT2D eigenvalue weighted by molar-refractivity contribution is -0.230. The molecule has 1 heterocycles. The monoisotopic (exact) mass is 350 g/mol. The summed E-state index contributed by atoms with van der Waals surface area (Å²) in [6.45, 7) is 0. The van der Waals surface area contributed by atoms with Gasteiger partial charge in [0.2, 0.25) is 0 Å². The normalized spacial score (nSPS) is 33.3. The average Bonchev–Trinajstić information content (AvgIpc) is 3.12. The van der Waals surface area contributed by atoms with Gasteiger partial charge in [-0.15, -0.1) is 0 Å². The zero-order valence-electron chi connectivity index (χ0n) is 12.3. The Kier molecular flexibility index (Phi) is 3.37. The molecule has 118 valence electrons. The third-order valence-electron chi connectivity index (χ3n) is 4.77. The first-order valence-corrected chi connectivity index (χ1v) is 7.40. The molecule has 1 aliphatic heterocycles. The molecule has 1 aromatic rings. The van der Waals surface area contributed by atoms with Crippen molar-refractivity contribution in [2.75, 3.05) is 14.2 Å². The zero-order chi connectivity index (χ0) is 17.0. The first-order chi connectivity index (χ1) is 10.9. The van der Waals surface area contributed by atoms with Crippen LogP contribution in [0.2, 0.25) is 10.0 Å². The molecule has 6 nitrogen and oxygen atoms in total. The number of halogens is 2. The number of nitrogens with zero attached hydrogens (tertiary/aromatic N) is 3. The highest BCUT2D eigenvalue weighted by Gasteiger charge is 2.93. The van der Waals surface area contributed by atoms with Crippen molar-refractivity contribution in [2.45, 2.75) is 11.8 Å². The number of aliphatic imine (C=N–C) groups is 1. The summed E-state index contributed by atoms with van der Waals surface area (Å²) in [5, 5.41) is 20.3. The fraction of sp³-hybridized carbons (Fsp3) is 0.400. The Balaban J connectivity index is 2.30. The number of ether oxygens (including phenoxy) is 2. The summed E-state index contributed by atoms with van der Waals surface area (Å²) >= 11 is 12.4. The minimum absolute atomic E-state index is 0.00806. The molecule has 0 radical (unpaired) electrons. The van der Waals surface area contributed by atoms with Crippen LogP contribution in [0.3, 0.4) is 0 Å². The van der Waals surface area contributed by atoms with Gasteiger partial charge in [-0.25, -0.2) is 4.99 Å². The number of fused-ring (bicyclic) bond motifs is 1. The van der Waals surface area contributed by atoms with E-state index in [1.165, 1.54) is 14.2 Å². The summed E-state index contributed by atoms with van der Waals surface area (Å²) in [6, 6.07) is 9.32. The standard InChI is InChI=1S/C15H12Cl2N4O2/c1-22-15(23-2)14(7-19)11(13(14,6-18)12(20)21-15)8-4-3-5-9(16)10(8)17/h3-5,11H,1-2H3,(H2,20,21)/t11-,13+,14+/m0/s1. The number of nitrogens with two attached hydrogens (primary N) is 1. The third kappa shape index (κ3) is 1.48. The van der Waals surface area contributed by atoms with Crippen LogP contribution in [0, 0.1) is 33.5 Å². The lowest BCUT2D eigenvalue weighted by Gasteiger charge is -2.29. The van der Waals surface area contributed by atoms with E-state index in [9.17, 15) is 10.5 Å². The van der Waals surface area contributed by atoms with Crippen molar-refractivity contribution >= 4 is 29.0 Å². The second-order valence-corrected chi connectivity index (χ2v) is 6.19. The molecule has 1 saturated carbocycles. The molecule has 3 atom stereocenters. The largest absolute Gasteiger partial charge is 0.386 e. The van der Waals surface area contributed by atoms with Crippen molar-refractivity contribution in [3.8, 4) is 12.1 Å². The van der Waals surface area contributed by atoms with Gasteiger partial charge in [0.15, 0.2) is 5.41 Å². The van der Waals surface area contributed by atoms with Crippen molar-refractivity contribution in [3.05, 3.63) is 33.8 Å². The SMILES string of the molecule is COC1(OC)N=C(N)[C@@]2(C#N)[C@H](c3cccc(Cl)c3Cl)[C@@]12C#N. The lowest BCUT2D eigenvalue weighted by Crippen LogP contribution is -2.41. The van der Waals surface area contributed by atoms with Crippen LogP contribution in [-0.2, 0) is 9.47 Å². The van der Waals surface area contributed by atoms with Gasteiger partial charge in [-0.3, -0.25) is 0 Å². The van der Waals surface area contributed by atoms with E-state index in [2.05, 4.69) is 17.1 Å². The molecular weight excluding hydrogens is 339 g/mol. The molecule has 1 aromatic carbocycles. The minimum Gasteiger partial charge on any atom is -0.386 e. The number of amidine groups is 1. The molecule has 3 rings (SSSR count). The fourth-order valence-electron chi connectivity index (χ4n) is 3.73. The summed E-state index contributed by atoms with van der Waals surface area (Å²) in [7, 11) is 2.70. The highest BCUT2D eigenvalue weighted by atomic mass is 35.5. The number of hydrogen-bond acceptors (Lipinski definition) is 6. The van der Waals surface area contributed by atoms with E-state index in [0.29, 0.717) is 10.6 Å². The maximum atomic E-state index is 9.90. The van der Waals surface area contributed by atoms with Gasteiger partial charge in [0, 0.05) is 20.1 Å². The maximum absolute atomic E-state index is 9.90. The van der Waals surface area contributed by atoms with Gasteiger partial charge >= 0.3 is 0 Å². The maximum Gasteiger partial charge on any atom is 0.292 e. The van der Waals surface area contributed by atoms with E-state index in [1.54, 1.807) is 18.2 Å². The first kappa shape index (κ1) is 16.0. The number of hydrogen-bond donors (Lipinski definition) is 1. The van der Waals surface area contributed by atoms with E-state index in [1.807, 2.05) is 0 Å². The van der Waals surface area contributed by atoms with E-state index in [0.717, 1.165) is 0 Å². The second kappa shape index (κ2) is 4.83. The molecule has 0 unspecified atom stereocenters. The fourth-order valence-corrected chi connectivity index (χ4v) is 4.15. The van der Waals surface area contributed by atoms with Gasteiger partial charge < -0.3 is 15.2 Å². The smallest absolute Gasteiger partial charge is 0.292 e. The number of methoxy groups -OCH3 is 2. The highest BCUT2D eigenvalue weighted by Crippen LogP contribution is 2.82. The van der Waals surface area contributed by atoms with Crippen molar-refractivity contribution < 1.29 is 9.47 Å². The van der Waals surface area contributed by atoms with Crippen LogP contribution in [0.5, 0.6) is 0 Å². The van der Waals surface area contributed by atoms with Crippen LogP contribution in [0.1, 0.15) is 11.5 Å². The molecule has 0 aromatic heterocycles. The lowest BCUT2D eigenvalue weighted by atomic mass is 9.93. The Hall–Kier alpha value is -1.83. The Labute approximate surface area is 143 Å². The Morgan fingerprint density at radius 3 is 2.39 bits per heavy atom. The van der Waals surface area contributed by atoms with Gasteiger partial charge in [0.05, 0.1) is 22.2 Å². The molecule has 0 bridgehead atoms. The van der Waals surface area contributed by atoms with Crippen LogP contribution in [-0.4, -0.2) is 26.0 Å². The molecular formula is C15H12Cl2N4O2. The summed E-state index contributed by atoms with van der Waals surface area (Å²) in [6.07, 6.45) is 0. The Morgan fingerprint density at radius 1 is 1.22 bits per heavy atom.